The van der Waals surface area contributed by atoms with Crippen molar-refractivity contribution in [3.8, 4) is 0 Å². The predicted octanol–water partition coefficient (Wildman–Crippen LogP) is 2.74. The zero-order valence-corrected chi connectivity index (χ0v) is 13.4. The van der Waals surface area contributed by atoms with Crippen molar-refractivity contribution in [2.75, 3.05) is 0 Å². The second kappa shape index (κ2) is 6.59. The molecule has 2 aromatic rings. The Hall–Kier alpha value is -3.82. The van der Waals surface area contributed by atoms with Gasteiger partial charge in [-0.1, -0.05) is 6.07 Å². The number of nitro groups is 2. The number of non-ortho nitro benzene ring substituents is 2. The molecule has 0 aliphatic carbocycles. The minimum atomic E-state index is -0.914. The molecule has 1 heterocycles. The quantitative estimate of drug-likeness (QED) is 0.612. The predicted molar refractivity (Wildman–Crippen MR) is 89.1 cm³/mol. The molecule has 0 unspecified atom stereocenters. The van der Waals surface area contributed by atoms with Crippen molar-refractivity contribution >= 4 is 23.2 Å². The zero-order valence-electron chi connectivity index (χ0n) is 13.4. The summed E-state index contributed by atoms with van der Waals surface area (Å²) in [5, 5.41) is 26.9. The van der Waals surface area contributed by atoms with Crippen molar-refractivity contribution in [3.63, 3.8) is 0 Å². The largest absolute Gasteiger partial charge is 0.446 e. The Morgan fingerprint density at radius 1 is 1.08 bits per heavy atom. The summed E-state index contributed by atoms with van der Waals surface area (Å²) in [5.74, 6) is -0.360. The highest BCUT2D eigenvalue weighted by Gasteiger charge is 2.33. The molecule has 10 nitrogen and oxygen atoms in total. The minimum absolute atomic E-state index is 0.0484. The van der Waals surface area contributed by atoms with Gasteiger partial charge in [-0.25, -0.2) is 0 Å². The van der Waals surface area contributed by atoms with E-state index in [-0.39, 0.29) is 17.3 Å². The molecule has 1 aliphatic rings. The third-order valence-corrected chi connectivity index (χ3v) is 3.66. The summed E-state index contributed by atoms with van der Waals surface area (Å²) in [6.45, 7) is 1.29. The number of amides is 1. The molecule has 132 valence electrons. The van der Waals surface area contributed by atoms with Gasteiger partial charge in [-0.3, -0.25) is 25.0 Å². The Morgan fingerprint density at radius 3 is 2.31 bits per heavy atom. The van der Waals surface area contributed by atoms with Gasteiger partial charge in [0.1, 0.15) is 0 Å². The molecule has 10 heteroatoms. The number of carbonyl (C=O) groups is 1. The molecule has 0 saturated carbocycles. The Kier molecular flexibility index (Phi) is 4.31. The lowest BCUT2D eigenvalue weighted by molar-refractivity contribution is -0.385. The maximum Gasteiger partial charge on any atom is 0.270 e. The average molecular weight is 356 g/mol. The van der Waals surface area contributed by atoms with Crippen molar-refractivity contribution in [3.05, 3.63) is 79.9 Å². The van der Waals surface area contributed by atoms with Gasteiger partial charge in [0, 0.05) is 42.3 Å². The summed E-state index contributed by atoms with van der Waals surface area (Å²) in [5.41, 5.74) is 0.591. The van der Waals surface area contributed by atoms with E-state index in [1.807, 2.05) is 0 Å². The molecule has 0 spiro atoms. The first-order chi connectivity index (χ1) is 12.4. The third kappa shape index (κ3) is 3.20. The number of carbonyl (C=O) groups excluding carboxylic acids is 1. The second-order valence-electron chi connectivity index (χ2n) is 5.40. The van der Waals surface area contributed by atoms with Crippen LogP contribution in [0.4, 0.5) is 11.4 Å². The van der Waals surface area contributed by atoms with Gasteiger partial charge in [0.15, 0.2) is 0 Å². The molecule has 0 radical (unpaired) electrons. The van der Waals surface area contributed by atoms with Gasteiger partial charge in [0.05, 0.1) is 9.85 Å². The molecular formula is C16H12N4O6. The highest BCUT2D eigenvalue weighted by Crippen LogP contribution is 2.31. The summed E-state index contributed by atoms with van der Waals surface area (Å²) in [6, 6.07) is 11.2. The zero-order chi connectivity index (χ0) is 18.8. The number of hydrazone groups is 1. The molecule has 1 aliphatic heterocycles. The minimum Gasteiger partial charge on any atom is -0.446 e. The summed E-state index contributed by atoms with van der Waals surface area (Å²) in [7, 11) is 0. The molecule has 0 fully saturated rings. The first-order valence-corrected chi connectivity index (χ1v) is 7.41. The second-order valence-corrected chi connectivity index (χ2v) is 5.40. The van der Waals surface area contributed by atoms with E-state index in [1.54, 1.807) is 6.07 Å². The van der Waals surface area contributed by atoms with Crippen LogP contribution in [-0.2, 0) is 9.53 Å². The van der Waals surface area contributed by atoms with Crippen LogP contribution in [0.25, 0.3) is 0 Å². The molecule has 1 amide bonds. The van der Waals surface area contributed by atoms with Crippen LogP contribution in [0.15, 0.2) is 53.6 Å². The average Bonchev–Trinajstić information content (AvgIpc) is 3.07. The van der Waals surface area contributed by atoms with Gasteiger partial charge >= 0.3 is 0 Å². The van der Waals surface area contributed by atoms with Gasteiger partial charge in [-0.2, -0.15) is 5.01 Å². The van der Waals surface area contributed by atoms with E-state index in [2.05, 4.69) is 5.10 Å². The molecule has 1 atom stereocenters. The van der Waals surface area contributed by atoms with Crippen LogP contribution in [0.2, 0.25) is 0 Å². The summed E-state index contributed by atoms with van der Waals surface area (Å²) in [6.07, 6.45) is -0.914. The molecule has 0 saturated heterocycles. The van der Waals surface area contributed by atoms with E-state index in [4.69, 9.17) is 4.74 Å². The number of rotatable bonds is 4. The smallest absolute Gasteiger partial charge is 0.270 e. The van der Waals surface area contributed by atoms with Crippen molar-refractivity contribution in [2.24, 2.45) is 5.10 Å². The maximum absolute atomic E-state index is 11.9. The summed E-state index contributed by atoms with van der Waals surface area (Å²) in [4.78, 5) is 32.5. The molecule has 0 bridgehead atoms. The number of hydrogen-bond acceptors (Lipinski definition) is 7. The van der Waals surface area contributed by atoms with E-state index in [1.165, 1.54) is 49.4 Å². The van der Waals surface area contributed by atoms with Crippen LogP contribution < -0.4 is 0 Å². The standard InChI is InChI=1S/C16H12N4O6/c1-10(21)18-16(11-5-7-13(8-6-11)19(22)23)26-15(17-18)12-3-2-4-14(9-12)20(24)25/h2-9,16H,1H3/t16-/m1/s1. The van der Waals surface area contributed by atoms with Crippen molar-refractivity contribution < 1.29 is 19.4 Å². The van der Waals surface area contributed by atoms with E-state index in [0.29, 0.717) is 11.1 Å². The monoisotopic (exact) mass is 356 g/mol. The van der Waals surface area contributed by atoms with Crippen molar-refractivity contribution in [1.82, 2.24) is 5.01 Å². The molecule has 0 N–H and O–H groups in total. The fourth-order valence-corrected chi connectivity index (χ4v) is 2.41. The highest BCUT2D eigenvalue weighted by molar-refractivity contribution is 5.96. The van der Waals surface area contributed by atoms with Gasteiger partial charge in [-0.15, -0.1) is 5.10 Å². The number of nitro benzene ring substituents is 2. The van der Waals surface area contributed by atoms with E-state index in [9.17, 15) is 25.0 Å². The first kappa shape index (κ1) is 17.0. The Balaban J connectivity index is 1.93. The van der Waals surface area contributed by atoms with Crippen molar-refractivity contribution in [1.29, 1.82) is 0 Å². The molecule has 2 aromatic carbocycles. The first-order valence-electron chi connectivity index (χ1n) is 7.41. The summed E-state index contributed by atoms with van der Waals surface area (Å²) < 4.78 is 5.71. The van der Waals surface area contributed by atoms with E-state index < -0.39 is 22.0 Å². The third-order valence-electron chi connectivity index (χ3n) is 3.66. The van der Waals surface area contributed by atoms with E-state index in [0.717, 1.165) is 5.01 Å². The molecular weight excluding hydrogens is 344 g/mol. The van der Waals surface area contributed by atoms with Gasteiger partial charge in [0.25, 0.3) is 11.4 Å². The Labute approximate surface area is 146 Å². The molecule has 3 rings (SSSR count). The molecule has 26 heavy (non-hydrogen) atoms. The summed E-state index contributed by atoms with van der Waals surface area (Å²) >= 11 is 0. The van der Waals surface area contributed by atoms with Gasteiger partial charge < -0.3 is 4.74 Å². The lowest BCUT2D eigenvalue weighted by atomic mass is 10.1. The normalized spacial score (nSPS) is 16.0. The number of nitrogens with zero attached hydrogens (tertiary/aromatic N) is 4. The Morgan fingerprint density at radius 2 is 1.73 bits per heavy atom. The topological polar surface area (TPSA) is 128 Å². The fourth-order valence-electron chi connectivity index (χ4n) is 2.41. The maximum atomic E-state index is 11.9. The number of hydrogen-bond donors (Lipinski definition) is 0. The van der Waals surface area contributed by atoms with Crippen LogP contribution in [0.3, 0.4) is 0 Å². The highest BCUT2D eigenvalue weighted by atomic mass is 16.6. The van der Waals surface area contributed by atoms with Gasteiger partial charge in [-0.05, 0) is 18.2 Å². The van der Waals surface area contributed by atoms with Crippen LogP contribution in [0.1, 0.15) is 24.3 Å². The molecule has 0 aromatic heterocycles. The van der Waals surface area contributed by atoms with Crippen LogP contribution in [0, 0.1) is 20.2 Å². The fraction of sp³-hybridized carbons (Fsp3) is 0.125. The number of ether oxygens (including phenoxy) is 1. The van der Waals surface area contributed by atoms with E-state index >= 15 is 0 Å². The number of benzene rings is 2. The van der Waals surface area contributed by atoms with Crippen LogP contribution in [0.5, 0.6) is 0 Å². The lowest BCUT2D eigenvalue weighted by Gasteiger charge is -2.19. The van der Waals surface area contributed by atoms with Crippen LogP contribution >= 0.6 is 0 Å². The van der Waals surface area contributed by atoms with Gasteiger partial charge in [0.2, 0.25) is 18.0 Å². The Bertz CT molecular complexity index is 925. The lowest BCUT2D eigenvalue weighted by Crippen LogP contribution is -2.25. The van der Waals surface area contributed by atoms with Crippen molar-refractivity contribution in [2.45, 2.75) is 13.2 Å². The van der Waals surface area contributed by atoms with Crippen LogP contribution in [-0.4, -0.2) is 26.7 Å². The SMILES string of the molecule is CC(=O)N1N=C(c2cccc([N+](=O)[O-])c2)O[C@@H]1c1ccc([N+](=O)[O-])cc1.